The number of nitro benzene ring substituents is 2. The van der Waals surface area contributed by atoms with Crippen molar-refractivity contribution >= 4 is 34.7 Å². The molecular formula is C56H81FN6O15. The quantitative estimate of drug-likeness (QED) is 0.0255. The Hall–Kier alpha value is -5.40. The van der Waals surface area contributed by atoms with Crippen LogP contribution in [-0.2, 0) is 52.8 Å². The van der Waals surface area contributed by atoms with E-state index in [-0.39, 0.29) is 48.1 Å². The molecule has 3 aromatic carbocycles. The number of carbonyl (C=O) groups excluding carboxylic acids is 1. The predicted molar refractivity (Wildman–Crippen MR) is 292 cm³/mol. The highest BCUT2D eigenvalue weighted by atomic mass is 19.1. The van der Waals surface area contributed by atoms with Gasteiger partial charge in [-0.25, -0.2) is 4.39 Å². The fourth-order valence-corrected chi connectivity index (χ4v) is 9.83. The first-order valence-corrected chi connectivity index (χ1v) is 27.3. The molecule has 3 aliphatic heterocycles. The van der Waals surface area contributed by atoms with E-state index in [0.29, 0.717) is 135 Å². The third-order valence-electron chi connectivity index (χ3n) is 14.2. The number of nitrogens with one attached hydrogen (secondary N) is 2. The second-order valence-electron chi connectivity index (χ2n) is 19.6. The Kier molecular flexibility index (Phi) is 27.4. The number of nitrogens with zero attached hydrogens (tertiary/aromatic N) is 4. The van der Waals surface area contributed by atoms with Gasteiger partial charge >= 0.3 is 0 Å². The molecule has 2 atom stereocenters. The van der Waals surface area contributed by atoms with Gasteiger partial charge in [0.25, 0.3) is 11.4 Å². The Morgan fingerprint density at radius 1 is 0.718 bits per heavy atom. The minimum absolute atomic E-state index is 0.0521. The van der Waals surface area contributed by atoms with Crippen molar-refractivity contribution in [3.05, 3.63) is 103 Å². The van der Waals surface area contributed by atoms with Crippen molar-refractivity contribution in [2.45, 2.75) is 44.9 Å². The van der Waals surface area contributed by atoms with Crippen molar-refractivity contribution in [3.8, 4) is 5.75 Å². The number of rotatable bonds is 39. The van der Waals surface area contributed by atoms with Gasteiger partial charge in [-0.2, -0.15) is 0 Å². The van der Waals surface area contributed by atoms with E-state index < -0.39 is 15.7 Å². The summed E-state index contributed by atoms with van der Waals surface area (Å²) in [5.41, 5.74) is 4.37. The molecule has 0 saturated carbocycles. The third-order valence-corrected chi connectivity index (χ3v) is 14.2. The first kappa shape index (κ1) is 61.8. The molecule has 21 nitrogen and oxygen atoms in total. The molecule has 3 heterocycles. The Labute approximate surface area is 457 Å². The highest BCUT2D eigenvalue weighted by Crippen LogP contribution is 2.47. The lowest BCUT2D eigenvalue weighted by molar-refractivity contribution is -0.393. The lowest BCUT2D eigenvalue weighted by Gasteiger charge is -2.45. The molecular weight excluding hydrogens is 1020 g/mol. The molecule has 22 heteroatoms. The maximum atomic E-state index is 14.5. The van der Waals surface area contributed by atoms with Crippen LogP contribution >= 0.6 is 0 Å². The number of amides is 1. The lowest BCUT2D eigenvalue weighted by atomic mass is 9.67. The molecule has 3 aromatic rings. The first-order valence-electron chi connectivity index (χ1n) is 27.3. The van der Waals surface area contributed by atoms with E-state index in [1.54, 1.807) is 12.1 Å². The van der Waals surface area contributed by atoms with Crippen LogP contribution in [0, 0.1) is 44.8 Å². The summed E-state index contributed by atoms with van der Waals surface area (Å²) in [5, 5.41) is 28.6. The Balaban J connectivity index is 0.654. The topological polar surface area (TPSA) is 226 Å². The maximum Gasteiger partial charge on any atom is 0.299 e. The van der Waals surface area contributed by atoms with Crippen LogP contribution in [0.3, 0.4) is 0 Å². The lowest BCUT2D eigenvalue weighted by Crippen LogP contribution is -2.50. The molecule has 0 bridgehead atoms. The van der Waals surface area contributed by atoms with Crippen LogP contribution in [0.25, 0.3) is 6.08 Å². The zero-order valence-corrected chi connectivity index (χ0v) is 45.5. The highest BCUT2D eigenvalue weighted by molar-refractivity contribution is 5.91. The van der Waals surface area contributed by atoms with Gasteiger partial charge in [-0.15, -0.1) is 0 Å². The number of hydrogen-bond donors (Lipinski definition) is 2. The summed E-state index contributed by atoms with van der Waals surface area (Å²) in [6, 6.07) is 14.7. The van der Waals surface area contributed by atoms with E-state index >= 15 is 0 Å². The van der Waals surface area contributed by atoms with Crippen molar-refractivity contribution in [2.75, 3.05) is 182 Å². The summed E-state index contributed by atoms with van der Waals surface area (Å²) < 4.78 is 69.8. The van der Waals surface area contributed by atoms with E-state index in [0.717, 1.165) is 64.6 Å². The number of non-ortho nitro benzene ring substituents is 1. The van der Waals surface area contributed by atoms with Crippen molar-refractivity contribution in [1.82, 2.24) is 9.80 Å². The fraction of sp³-hybridized carbons (Fsp3) is 0.625. The second kappa shape index (κ2) is 34.6. The normalized spacial score (nSPS) is 17.7. The van der Waals surface area contributed by atoms with Crippen LogP contribution < -0.4 is 15.4 Å². The van der Waals surface area contributed by atoms with E-state index in [9.17, 15) is 29.4 Å². The zero-order chi connectivity index (χ0) is 55.2. The second-order valence-corrected chi connectivity index (χ2v) is 19.6. The standard InChI is InChI=1S/C56H81FN6O15/c1-44-3-6-51-53(37-44)59-43-56(51)12-17-60(42-45(56)2)14-9-46-10-15-61(16-11-46)55(64)8-4-47-38-48(57)40-50(39-47)78-36-35-77-34-33-76-32-31-75-30-29-74-28-27-73-26-25-72-24-23-71-22-21-70-20-19-69-18-13-58-52-7-5-49(62(65)66)41-54(52)63(67)68/h3-8,37-41,45-46,58-59H,9-36,42-43H2,1-2H3/b8-4+. The molecule has 0 aromatic heterocycles. The van der Waals surface area contributed by atoms with E-state index in [1.807, 2.05) is 4.90 Å². The molecule has 0 radical (unpaired) electrons. The fourth-order valence-electron chi connectivity index (χ4n) is 9.83. The molecule has 3 aliphatic rings. The van der Waals surface area contributed by atoms with Crippen molar-refractivity contribution < 1.29 is 66.4 Å². The molecule has 2 unspecified atom stereocenters. The Morgan fingerprint density at radius 2 is 1.28 bits per heavy atom. The van der Waals surface area contributed by atoms with Crippen molar-refractivity contribution in [3.63, 3.8) is 0 Å². The van der Waals surface area contributed by atoms with E-state index in [4.69, 9.17) is 47.4 Å². The number of nitro groups is 2. The third kappa shape index (κ3) is 21.3. The van der Waals surface area contributed by atoms with Gasteiger partial charge in [0.2, 0.25) is 5.91 Å². The molecule has 1 spiro atoms. The number of likely N-dealkylation sites (tertiary alicyclic amines) is 2. The van der Waals surface area contributed by atoms with E-state index in [2.05, 4.69) is 47.6 Å². The summed E-state index contributed by atoms with van der Waals surface area (Å²) in [7, 11) is 0. The number of aryl methyl sites for hydroxylation is 1. The Bertz CT molecular complexity index is 2310. The van der Waals surface area contributed by atoms with Gasteiger partial charge < -0.3 is 67.8 Å². The SMILES string of the molecule is Cc1ccc2c(c1)NCC21CCN(CCC2CCN(C(=O)/C=C/c3cc(F)cc(OCCOCCOCCOCCOCCOCCOCCOCCOCCOCCNc4ccc([N+](=O)[O-])cc4[N+](=O)[O-])c3)CC2)CC1C. The van der Waals surface area contributed by atoms with E-state index in [1.165, 1.54) is 53.6 Å². The minimum Gasteiger partial charge on any atom is -0.491 e. The van der Waals surface area contributed by atoms with Gasteiger partial charge in [-0.05, 0) is 105 Å². The van der Waals surface area contributed by atoms with Crippen molar-refractivity contribution in [2.24, 2.45) is 11.8 Å². The average molecular weight is 1100 g/mol. The van der Waals surface area contributed by atoms with Crippen LogP contribution in [0.4, 0.5) is 27.1 Å². The summed E-state index contributed by atoms with van der Waals surface area (Å²) in [4.78, 5) is 38.4. The molecule has 6 rings (SSSR count). The van der Waals surface area contributed by atoms with Gasteiger partial charge in [0, 0.05) is 62.0 Å². The molecule has 1 amide bonds. The first-order chi connectivity index (χ1) is 38.0. The number of piperidine rings is 2. The largest absolute Gasteiger partial charge is 0.491 e. The summed E-state index contributed by atoms with van der Waals surface area (Å²) in [6.07, 6.45) is 7.54. The molecule has 432 valence electrons. The van der Waals surface area contributed by atoms with Crippen LogP contribution in [0.2, 0.25) is 0 Å². The monoisotopic (exact) mass is 1100 g/mol. The smallest absolute Gasteiger partial charge is 0.299 e. The van der Waals surface area contributed by atoms with Gasteiger partial charge in [0.15, 0.2) is 0 Å². The molecule has 78 heavy (non-hydrogen) atoms. The van der Waals surface area contributed by atoms with Crippen LogP contribution in [0.5, 0.6) is 5.75 Å². The molecule has 0 aliphatic carbocycles. The van der Waals surface area contributed by atoms with Crippen LogP contribution in [0.1, 0.15) is 49.3 Å². The summed E-state index contributed by atoms with van der Waals surface area (Å²) in [5.74, 6) is 1.08. The van der Waals surface area contributed by atoms with Gasteiger partial charge in [-0.1, -0.05) is 19.1 Å². The predicted octanol–water partition coefficient (Wildman–Crippen LogP) is 6.94. The number of hydrogen-bond acceptors (Lipinski definition) is 18. The van der Waals surface area contributed by atoms with Gasteiger partial charge in [-0.3, -0.25) is 25.0 Å². The number of ether oxygens (including phenoxy) is 10. The number of carbonyl (C=O) groups is 1. The summed E-state index contributed by atoms with van der Waals surface area (Å²) in [6.45, 7) is 18.1. The number of fused-ring (bicyclic) bond motifs is 2. The van der Waals surface area contributed by atoms with Crippen molar-refractivity contribution in [1.29, 1.82) is 0 Å². The molecule has 2 N–H and O–H groups in total. The van der Waals surface area contributed by atoms with Crippen LogP contribution in [-0.4, -0.2) is 197 Å². The minimum atomic E-state index is -0.683. The number of halogens is 1. The molecule has 2 fully saturated rings. The van der Waals surface area contributed by atoms with Gasteiger partial charge in [0.05, 0.1) is 135 Å². The summed E-state index contributed by atoms with van der Waals surface area (Å²) >= 11 is 0. The van der Waals surface area contributed by atoms with Gasteiger partial charge in [0.1, 0.15) is 23.9 Å². The number of benzene rings is 3. The maximum absolute atomic E-state index is 14.5. The Morgan fingerprint density at radius 3 is 1.83 bits per heavy atom. The molecule has 2 saturated heterocycles. The average Bonchev–Trinajstić information content (AvgIpc) is 3.88. The highest BCUT2D eigenvalue weighted by Gasteiger charge is 2.46. The zero-order valence-electron chi connectivity index (χ0n) is 45.5. The van der Waals surface area contributed by atoms with Crippen LogP contribution in [0.15, 0.2) is 60.7 Å². The number of anilines is 2.